The smallest absolute Gasteiger partial charge is 0.160 e. The van der Waals surface area contributed by atoms with Crippen molar-refractivity contribution in [3.63, 3.8) is 0 Å². The van der Waals surface area contributed by atoms with Crippen LogP contribution in [0.25, 0.3) is 11.2 Å². The van der Waals surface area contributed by atoms with Crippen molar-refractivity contribution < 1.29 is 4.74 Å². The maximum Gasteiger partial charge on any atom is 0.160 e. The number of rotatable bonds is 5. The van der Waals surface area contributed by atoms with Crippen LogP contribution in [0.2, 0.25) is 0 Å². The second-order valence-electron chi connectivity index (χ2n) is 4.89. The van der Waals surface area contributed by atoms with Gasteiger partial charge in [0.2, 0.25) is 0 Å². The van der Waals surface area contributed by atoms with Gasteiger partial charge in [-0.2, -0.15) is 0 Å². The molecule has 0 saturated carbocycles. The minimum absolute atomic E-state index is 0.403. The summed E-state index contributed by atoms with van der Waals surface area (Å²) >= 11 is 0. The maximum atomic E-state index is 5.80. The number of aryl methyl sites for hydroxylation is 1. The Hall–Kier alpha value is -2.56. The number of nitrogen functional groups attached to an aromatic ring is 1. The molecule has 0 aliphatic carbocycles. The number of hydrogen-bond acceptors (Lipinski definition) is 4. The van der Waals surface area contributed by atoms with Crippen molar-refractivity contribution in [1.29, 1.82) is 0 Å². The number of fused-ring (bicyclic) bond motifs is 1. The van der Waals surface area contributed by atoms with Crippen LogP contribution in [0.3, 0.4) is 0 Å². The number of ether oxygens (including phenoxy) is 1. The summed E-state index contributed by atoms with van der Waals surface area (Å²) in [5.74, 6) is 1.63. The van der Waals surface area contributed by atoms with Crippen molar-refractivity contribution in [2.75, 3.05) is 5.73 Å². The number of aromatic nitrogens is 3. The number of benzene rings is 1. The lowest BCUT2D eigenvalue weighted by Crippen LogP contribution is -2.07. The van der Waals surface area contributed by atoms with Gasteiger partial charge in [-0.05, 0) is 30.7 Å². The van der Waals surface area contributed by atoms with Crippen molar-refractivity contribution >= 4 is 16.9 Å². The zero-order valence-electron chi connectivity index (χ0n) is 12.0. The lowest BCUT2D eigenvalue weighted by Gasteiger charge is -2.09. The predicted molar refractivity (Wildman–Crippen MR) is 83.0 cm³/mol. The van der Waals surface area contributed by atoms with Crippen LogP contribution in [0, 0.1) is 0 Å². The number of nitrogens with two attached hydrogens (primary N) is 1. The van der Waals surface area contributed by atoms with E-state index in [1.807, 2.05) is 36.4 Å². The third-order valence-electron chi connectivity index (χ3n) is 3.26. The largest absolute Gasteiger partial charge is 0.486 e. The predicted octanol–water partition coefficient (Wildman–Crippen LogP) is 3.00. The molecular weight excluding hydrogens is 264 g/mol. The first-order valence-electron chi connectivity index (χ1n) is 7.06. The Balaban J connectivity index is 1.87. The molecule has 2 heterocycles. The van der Waals surface area contributed by atoms with Gasteiger partial charge in [-0.25, -0.2) is 9.97 Å². The highest BCUT2D eigenvalue weighted by molar-refractivity contribution is 5.71. The minimum atomic E-state index is 0.403. The van der Waals surface area contributed by atoms with Gasteiger partial charge in [0.25, 0.3) is 0 Å². The van der Waals surface area contributed by atoms with E-state index in [0.717, 1.165) is 35.7 Å². The summed E-state index contributed by atoms with van der Waals surface area (Å²) in [7, 11) is 0. The summed E-state index contributed by atoms with van der Waals surface area (Å²) in [5.41, 5.74) is 8.25. The van der Waals surface area contributed by atoms with Crippen molar-refractivity contribution in [2.24, 2.45) is 0 Å². The van der Waals surface area contributed by atoms with E-state index in [4.69, 9.17) is 10.5 Å². The van der Waals surface area contributed by atoms with E-state index < -0.39 is 0 Å². The quantitative estimate of drug-likeness (QED) is 0.730. The van der Waals surface area contributed by atoms with Crippen molar-refractivity contribution in [3.8, 4) is 5.75 Å². The third-order valence-corrected chi connectivity index (χ3v) is 3.26. The van der Waals surface area contributed by atoms with Crippen LogP contribution in [-0.2, 0) is 13.2 Å². The Kier molecular flexibility index (Phi) is 3.73. The summed E-state index contributed by atoms with van der Waals surface area (Å²) in [5, 5.41) is 0. The first kappa shape index (κ1) is 13.4. The van der Waals surface area contributed by atoms with Gasteiger partial charge >= 0.3 is 0 Å². The average Bonchev–Trinajstić information content (AvgIpc) is 2.84. The molecule has 1 aromatic carbocycles. The lowest BCUT2D eigenvalue weighted by molar-refractivity contribution is 0.290. The highest BCUT2D eigenvalue weighted by Gasteiger charge is 2.11. The Morgan fingerprint density at radius 2 is 2.14 bits per heavy atom. The zero-order chi connectivity index (χ0) is 14.7. The Morgan fingerprint density at radius 3 is 2.95 bits per heavy atom. The van der Waals surface area contributed by atoms with E-state index in [2.05, 4.69) is 21.5 Å². The Labute approximate surface area is 123 Å². The van der Waals surface area contributed by atoms with Crippen LogP contribution in [0.15, 0.2) is 42.6 Å². The van der Waals surface area contributed by atoms with E-state index >= 15 is 0 Å². The van der Waals surface area contributed by atoms with Crippen molar-refractivity contribution in [2.45, 2.75) is 26.5 Å². The van der Waals surface area contributed by atoms with Gasteiger partial charge in [0, 0.05) is 24.5 Å². The van der Waals surface area contributed by atoms with Crippen molar-refractivity contribution in [1.82, 2.24) is 14.5 Å². The Bertz CT molecular complexity index is 751. The molecule has 2 N–H and O–H groups in total. The van der Waals surface area contributed by atoms with E-state index in [-0.39, 0.29) is 0 Å². The molecule has 5 heteroatoms. The van der Waals surface area contributed by atoms with Crippen LogP contribution in [-0.4, -0.2) is 14.5 Å². The van der Waals surface area contributed by atoms with Crippen LogP contribution in [0.5, 0.6) is 5.75 Å². The van der Waals surface area contributed by atoms with Crippen molar-refractivity contribution in [3.05, 3.63) is 48.4 Å². The SMILES string of the molecule is CCCn1c(COc2cccc(N)c2)nc2cccnc21. The summed E-state index contributed by atoms with van der Waals surface area (Å²) in [4.78, 5) is 9.03. The number of nitrogens with zero attached hydrogens (tertiary/aromatic N) is 3. The third kappa shape index (κ3) is 2.81. The van der Waals surface area contributed by atoms with E-state index in [9.17, 15) is 0 Å². The zero-order valence-corrected chi connectivity index (χ0v) is 12.0. The van der Waals surface area contributed by atoms with Gasteiger partial charge < -0.3 is 15.0 Å². The highest BCUT2D eigenvalue weighted by Crippen LogP contribution is 2.18. The van der Waals surface area contributed by atoms with Gasteiger partial charge in [0.1, 0.15) is 23.7 Å². The van der Waals surface area contributed by atoms with Crippen LogP contribution >= 0.6 is 0 Å². The molecule has 21 heavy (non-hydrogen) atoms. The first-order chi connectivity index (χ1) is 10.3. The van der Waals surface area contributed by atoms with Gasteiger partial charge in [0.15, 0.2) is 5.65 Å². The first-order valence-corrected chi connectivity index (χ1v) is 7.06. The molecule has 0 amide bonds. The minimum Gasteiger partial charge on any atom is -0.486 e. The van der Waals surface area contributed by atoms with Gasteiger partial charge in [-0.15, -0.1) is 0 Å². The number of anilines is 1. The monoisotopic (exact) mass is 282 g/mol. The molecule has 0 radical (unpaired) electrons. The molecule has 0 atom stereocenters. The van der Waals surface area contributed by atoms with Gasteiger partial charge in [0.05, 0.1) is 0 Å². The number of pyridine rings is 1. The van der Waals surface area contributed by atoms with E-state index in [0.29, 0.717) is 12.3 Å². The molecule has 0 aliphatic heterocycles. The molecule has 2 aromatic heterocycles. The normalized spacial score (nSPS) is 10.9. The molecule has 0 aliphatic rings. The second kappa shape index (κ2) is 5.83. The molecule has 0 unspecified atom stereocenters. The molecule has 108 valence electrons. The fourth-order valence-corrected chi connectivity index (χ4v) is 2.33. The average molecular weight is 282 g/mol. The molecule has 0 saturated heterocycles. The van der Waals surface area contributed by atoms with Gasteiger partial charge in [-0.1, -0.05) is 13.0 Å². The molecule has 0 fully saturated rings. The topological polar surface area (TPSA) is 66.0 Å². The fraction of sp³-hybridized carbons (Fsp3) is 0.250. The van der Waals surface area contributed by atoms with E-state index in [1.54, 1.807) is 6.20 Å². The molecule has 0 bridgehead atoms. The van der Waals surface area contributed by atoms with Crippen LogP contribution in [0.4, 0.5) is 5.69 Å². The molecule has 0 spiro atoms. The van der Waals surface area contributed by atoms with Crippen LogP contribution < -0.4 is 10.5 Å². The summed E-state index contributed by atoms with van der Waals surface area (Å²) in [6.07, 6.45) is 2.81. The van der Waals surface area contributed by atoms with Gasteiger partial charge in [-0.3, -0.25) is 0 Å². The Morgan fingerprint density at radius 1 is 1.24 bits per heavy atom. The maximum absolute atomic E-state index is 5.80. The molecule has 3 aromatic rings. The number of imidazole rings is 1. The fourth-order valence-electron chi connectivity index (χ4n) is 2.33. The summed E-state index contributed by atoms with van der Waals surface area (Å²) < 4.78 is 7.91. The standard InChI is InChI=1S/C16H18N4O/c1-2-9-20-15(19-14-7-4-8-18-16(14)20)11-21-13-6-3-5-12(17)10-13/h3-8,10H,2,9,11,17H2,1H3. The number of hydrogen-bond donors (Lipinski definition) is 1. The lowest BCUT2D eigenvalue weighted by atomic mass is 10.3. The van der Waals surface area contributed by atoms with Crippen LogP contribution in [0.1, 0.15) is 19.2 Å². The highest BCUT2D eigenvalue weighted by atomic mass is 16.5. The summed E-state index contributed by atoms with van der Waals surface area (Å²) in [6.45, 7) is 3.42. The molecular formula is C16H18N4O. The molecule has 3 rings (SSSR count). The van der Waals surface area contributed by atoms with E-state index in [1.165, 1.54) is 0 Å². The molecule has 5 nitrogen and oxygen atoms in total. The second-order valence-corrected chi connectivity index (χ2v) is 4.89. The summed E-state index contributed by atoms with van der Waals surface area (Å²) in [6, 6.07) is 11.3.